The first-order chi connectivity index (χ1) is 16.6. The lowest BCUT2D eigenvalue weighted by Crippen LogP contribution is -2.28. The highest BCUT2D eigenvalue weighted by Gasteiger charge is 2.27. The SMILES string of the molecule is O=C(NCc1ccccc1)c1cc(CCl)ccc1N(c1nsnc1Cc1ccccc1)S(=O)O. The lowest BCUT2D eigenvalue weighted by molar-refractivity contribution is 0.0951. The molecule has 1 atom stereocenters. The molecule has 2 N–H and O–H groups in total. The second kappa shape index (κ2) is 11.3. The quantitative estimate of drug-likeness (QED) is 0.241. The molecular formula is C24H21ClN4O3S2. The number of hydrogen-bond donors (Lipinski definition) is 2. The highest BCUT2D eigenvalue weighted by atomic mass is 35.5. The third-order valence-corrected chi connectivity index (χ3v) is 6.62. The minimum Gasteiger partial charge on any atom is -0.348 e. The molecule has 4 rings (SSSR count). The lowest BCUT2D eigenvalue weighted by atomic mass is 10.1. The zero-order chi connectivity index (χ0) is 23.9. The Morgan fingerprint density at radius 1 is 0.971 bits per heavy atom. The van der Waals surface area contributed by atoms with Gasteiger partial charge in [-0.2, -0.15) is 8.75 Å². The molecule has 1 heterocycles. The molecule has 0 spiro atoms. The predicted molar refractivity (Wildman–Crippen MR) is 136 cm³/mol. The van der Waals surface area contributed by atoms with Crippen molar-refractivity contribution in [3.63, 3.8) is 0 Å². The Morgan fingerprint density at radius 2 is 1.65 bits per heavy atom. The molecule has 34 heavy (non-hydrogen) atoms. The summed E-state index contributed by atoms with van der Waals surface area (Å²) in [6.07, 6.45) is 0.426. The number of hydrogen-bond acceptors (Lipinski definition) is 5. The van der Waals surface area contributed by atoms with Crippen molar-refractivity contribution in [2.24, 2.45) is 0 Å². The summed E-state index contributed by atoms with van der Waals surface area (Å²) < 4.78 is 32.5. The fourth-order valence-corrected chi connectivity index (χ4v) is 4.82. The van der Waals surface area contributed by atoms with Crippen molar-refractivity contribution >= 4 is 52.0 Å². The second-order valence-corrected chi connectivity index (χ2v) is 9.00. The first-order valence-electron chi connectivity index (χ1n) is 10.3. The average Bonchev–Trinajstić information content (AvgIpc) is 3.31. The van der Waals surface area contributed by atoms with Crippen LogP contribution in [0.3, 0.4) is 0 Å². The number of anilines is 2. The van der Waals surface area contributed by atoms with E-state index in [1.54, 1.807) is 18.2 Å². The molecule has 0 aliphatic carbocycles. The van der Waals surface area contributed by atoms with E-state index in [1.807, 2.05) is 60.7 Å². The Balaban J connectivity index is 1.69. The number of amides is 1. The van der Waals surface area contributed by atoms with Crippen LogP contribution in [0.15, 0.2) is 78.9 Å². The molecule has 3 aromatic carbocycles. The Hall–Kier alpha value is -3.11. The number of carbonyl (C=O) groups is 1. The molecule has 0 saturated heterocycles. The fourth-order valence-electron chi connectivity index (χ4n) is 3.43. The highest BCUT2D eigenvalue weighted by Crippen LogP contribution is 2.33. The van der Waals surface area contributed by atoms with E-state index in [0.717, 1.165) is 27.2 Å². The van der Waals surface area contributed by atoms with Gasteiger partial charge in [-0.25, -0.2) is 8.51 Å². The molecule has 0 aliphatic heterocycles. The topological polar surface area (TPSA) is 95.4 Å². The number of benzene rings is 3. The highest BCUT2D eigenvalue weighted by molar-refractivity contribution is 7.81. The van der Waals surface area contributed by atoms with Crippen LogP contribution in [0.25, 0.3) is 0 Å². The van der Waals surface area contributed by atoms with Crippen LogP contribution in [0.1, 0.15) is 32.7 Å². The third kappa shape index (κ3) is 5.68. The number of alkyl halides is 1. The van der Waals surface area contributed by atoms with Gasteiger partial charge in [-0.05, 0) is 28.8 Å². The molecule has 0 fully saturated rings. The second-order valence-electron chi connectivity index (χ2n) is 7.38. The van der Waals surface area contributed by atoms with Gasteiger partial charge in [0.2, 0.25) is 0 Å². The largest absolute Gasteiger partial charge is 0.348 e. The molecule has 1 unspecified atom stereocenters. The number of rotatable bonds is 9. The summed E-state index contributed by atoms with van der Waals surface area (Å²) in [4.78, 5) is 13.2. The van der Waals surface area contributed by atoms with E-state index in [4.69, 9.17) is 11.6 Å². The van der Waals surface area contributed by atoms with Gasteiger partial charge in [0.15, 0.2) is 5.82 Å². The van der Waals surface area contributed by atoms with Gasteiger partial charge >= 0.3 is 0 Å². The van der Waals surface area contributed by atoms with Crippen LogP contribution in [0, 0.1) is 0 Å². The van der Waals surface area contributed by atoms with E-state index >= 15 is 0 Å². The van der Waals surface area contributed by atoms with Crippen LogP contribution < -0.4 is 9.62 Å². The van der Waals surface area contributed by atoms with E-state index in [0.29, 0.717) is 24.2 Å². The van der Waals surface area contributed by atoms with Gasteiger partial charge < -0.3 is 5.32 Å². The van der Waals surface area contributed by atoms with Gasteiger partial charge in [0, 0.05) is 18.8 Å². The van der Waals surface area contributed by atoms with Gasteiger partial charge in [-0.3, -0.25) is 9.35 Å². The number of nitrogens with one attached hydrogen (secondary N) is 1. The Labute approximate surface area is 209 Å². The number of carbonyl (C=O) groups excluding carboxylic acids is 1. The predicted octanol–water partition coefficient (Wildman–Crippen LogP) is 5.07. The monoisotopic (exact) mass is 512 g/mol. The summed E-state index contributed by atoms with van der Waals surface area (Å²) in [6.45, 7) is 0.309. The molecular weight excluding hydrogens is 492 g/mol. The van der Waals surface area contributed by atoms with Crippen molar-refractivity contribution < 1.29 is 13.6 Å². The van der Waals surface area contributed by atoms with Crippen LogP contribution in [-0.4, -0.2) is 23.4 Å². The summed E-state index contributed by atoms with van der Waals surface area (Å²) in [5.41, 5.74) is 3.62. The van der Waals surface area contributed by atoms with Crippen LogP contribution >= 0.6 is 23.3 Å². The lowest BCUT2D eigenvalue weighted by Gasteiger charge is -2.22. The molecule has 0 saturated carbocycles. The third-order valence-electron chi connectivity index (χ3n) is 5.07. The standard InChI is InChI=1S/C24H21ClN4O3S2/c25-15-19-11-12-22(20(13-19)24(30)26-16-18-9-5-2-6-10-18)29(34(31)32)23-21(27-33-28-23)14-17-7-3-1-4-8-17/h1-13H,14-16H2,(H,26,30)(H,31,32). The van der Waals surface area contributed by atoms with Crippen molar-refractivity contribution in [1.29, 1.82) is 0 Å². The number of aromatic nitrogens is 2. The normalized spacial score (nSPS) is 11.7. The van der Waals surface area contributed by atoms with Crippen molar-refractivity contribution in [3.8, 4) is 0 Å². The van der Waals surface area contributed by atoms with Gasteiger partial charge in [-0.1, -0.05) is 66.7 Å². The van der Waals surface area contributed by atoms with Crippen LogP contribution in [0.5, 0.6) is 0 Å². The van der Waals surface area contributed by atoms with E-state index in [9.17, 15) is 13.6 Å². The minimum absolute atomic E-state index is 0.193. The van der Waals surface area contributed by atoms with Gasteiger partial charge in [0.05, 0.1) is 23.0 Å². The summed E-state index contributed by atoms with van der Waals surface area (Å²) in [5.74, 6) is 0.0263. The maximum absolute atomic E-state index is 13.2. The van der Waals surface area contributed by atoms with E-state index in [2.05, 4.69) is 14.1 Å². The molecule has 1 amide bonds. The van der Waals surface area contributed by atoms with Gasteiger partial charge in [0.1, 0.15) is 5.69 Å². The van der Waals surface area contributed by atoms with Gasteiger partial charge in [-0.15, -0.1) is 11.6 Å². The van der Waals surface area contributed by atoms with Gasteiger partial charge in [0.25, 0.3) is 17.2 Å². The first-order valence-corrected chi connectivity index (χ1v) is 12.7. The molecule has 1 aromatic heterocycles. The molecule has 174 valence electrons. The molecule has 7 nitrogen and oxygen atoms in total. The maximum atomic E-state index is 13.2. The smallest absolute Gasteiger partial charge is 0.268 e. The van der Waals surface area contributed by atoms with E-state index in [-0.39, 0.29) is 22.9 Å². The van der Waals surface area contributed by atoms with Crippen LogP contribution in [-0.2, 0) is 30.1 Å². The summed E-state index contributed by atoms with van der Waals surface area (Å²) in [7, 11) is 0. The van der Waals surface area contributed by atoms with E-state index < -0.39 is 17.2 Å². The number of halogens is 1. The Kier molecular flexibility index (Phi) is 8.02. The summed E-state index contributed by atoms with van der Waals surface area (Å²) in [5, 5.41) is 2.88. The molecule has 4 aromatic rings. The maximum Gasteiger partial charge on any atom is 0.268 e. The fraction of sp³-hybridized carbons (Fsp3) is 0.125. The Morgan fingerprint density at radius 3 is 2.29 bits per heavy atom. The molecule has 0 aliphatic rings. The molecule has 0 radical (unpaired) electrons. The zero-order valence-electron chi connectivity index (χ0n) is 17.9. The van der Waals surface area contributed by atoms with Crippen LogP contribution in [0.2, 0.25) is 0 Å². The van der Waals surface area contributed by atoms with Crippen molar-refractivity contribution in [2.45, 2.75) is 18.8 Å². The van der Waals surface area contributed by atoms with Crippen LogP contribution in [0.4, 0.5) is 11.5 Å². The number of nitrogens with zero attached hydrogens (tertiary/aromatic N) is 3. The average molecular weight is 513 g/mol. The molecule has 0 bridgehead atoms. The Bertz CT molecular complexity index is 1290. The first kappa shape index (κ1) is 24.0. The van der Waals surface area contributed by atoms with Crippen molar-refractivity contribution in [1.82, 2.24) is 14.1 Å². The minimum atomic E-state index is -2.50. The van der Waals surface area contributed by atoms with Crippen molar-refractivity contribution in [3.05, 3.63) is 107 Å². The summed E-state index contributed by atoms with van der Waals surface area (Å²) >= 11 is 4.45. The molecule has 10 heteroatoms. The zero-order valence-corrected chi connectivity index (χ0v) is 20.3. The van der Waals surface area contributed by atoms with E-state index in [1.165, 1.54) is 0 Å². The summed E-state index contributed by atoms with van der Waals surface area (Å²) in [6, 6.07) is 24.1. The van der Waals surface area contributed by atoms with Crippen molar-refractivity contribution in [2.75, 3.05) is 4.31 Å².